The number of hydrogen-bond donors (Lipinski definition) is 1. The molecule has 0 aromatic carbocycles. The minimum atomic E-state index is 0.570. The first-order valence-electron chi connectivity index (χ1n) is 6.03. The molecule has 0 aliphatic carbocycles. The maximum atomic E-state index is 5.17. The van der Waals surface area contributed by atoms with Gasteiger partial charge in [0.15, 0.2) is 11.3 Å². The summed E-state index contributed by atoms with van der Waals surface area (Å²) in [4.78, 5) is 11.6. The third-order valence-corrected chi connectivity index (χ3v) is 3.21. The molecule has 0 fully saturated rings. The predicted molar refractivity (Wildman–Crippen MR) is 72.4 cm³/mol. The summed E-state index contributed by atoms with van der Waals surface area (Å²) in [7, 11) is 1.60. The lowest BCUT2D eigenvalue weighted by atomic mass is 10.1. The minimum absolute atomic E-state index is 0.570. The Balaban J connectivity index is 2.05. The van der Waals surface area contributed by atoms with E-state index in [0.29, 0.717) is 11.5 Å². The number of pyridine rings is 1. The van der Waals surface area contributed by atoms with Gasteiger partial charge in [-0.2, -0.15) is 0 Å². The summed E-state index contributed by atoms with van der Waals surface area (Å²) in [5.74, 6) is 0.570. The molecule has 0 radical (unpaired) electrons. The van der Waals surface area contributed by atoms with Crippen molar-refractivity contribution in [2.45, 2.75) is 0 Å². The first kappa shape index (κ1) is 10.9. The second-order valence-corrected chi connectivity index (χ2v) is 4.30. The largest absolute Gasteiger partial charge is 0.481 e. The van der Waals surface area contributed by atoms with E-state index < -0.39 is 0 Å². The molecule has 0 saturated carbocycles. The predicted octanol–water partition coefficient (Wildman–Crippen LogP) is 1.68. The number of methoxy groups -OCH3 is 1. The molecule has 4 aromatic rings. The number of aromatic nitrogens is 6. The van der Waals surface area contributed by atoms with E-state index in [1.54, 1.807) is 25.8 Å². The number of H-pyrrole nitrogens is 1. The van der Waals surface area contributed by atoms with Crippen molar-refractivity contribution in [1.29, 1.82) is 0 Å². The molecule has 0 aliphatic rings. The Bertz CT molecular complexity index is 909. The molecule has 0 bridgehead atoms. The Kier molecular flexibility index (Phi) is 2.19. The molecule has 1 N–H and O–H groups in total. The highest BCUT2D eigenvalue weighted by Crippen LogP contribution is 2.29. The fourth-order valence-electron chi connectivity index (χ4n) is 2.28. The third-order valence-electron chi connectivity index (χ3n) is 3.21. The van der Waals surface area contributed by atoms with E-state index in [0.717, 1.165) is 22.3 Å². The van der Waals surface area contributed by atoms with Gasteiger partial charge in [-0.1, -0.05) is 0 Å². The quantitative estimate of drug-likeness (QED) is 0.597. The summed E-state index contributed by atoms with van der Waals surface area (Å²) < 4.78 is 7.07. The van der Waals surface area contributed by atoms with Crippen molar-refractivity contribution in [2.24, 2.45) is 0 Å². The fraction of sp³-hybridized carbons (Fsp3) is 0.0769. The Hall–Kier alpha value is -2.96. The van der Waals surface area contributed by atoms with Crippen LogP contribution in [0.4, 0.5) is 0 Å². The van der Waals surface area contributed by atoms with Gasteiger partial charge in [-0.15, -0.1) is 10.2 Å². The zero-order valence-corrected chi connectivity index (χ0v) is 10.6. The number of aromatic amines is 1. The molecule has 0 spiro atoms. The van der Waals surface area contributed by atoms with Crippen LogP contribution in [0.1, 0.15) is 0 Å². The van der Waals surface area contributed by atoms with Gasteiger partial charge in [0, 0.05) is 24.0 Å². The summed E-state index contributed by atoms with van der Waals surface area (Å²) in [6.07, 6.45) is 6.98. The van der Waals surface area contributed by atoms with E-state index in [9.17, 15) is 0 Å². The van der Waals surface area contributed by atoms with Crippen LogP contribution >= 0.6 is 0 Å². The molecule has 7 nitrogen and oxygen atoms in total. The average Bonchev–Trinajstić information content (AvgIpc) is 3.12. The number of nitrogens with one attached hydrogen (secondary N) is 1. The van der Waals surface area contributed by atoms with Crippen LogP contribution in [0.2, 0.25) is 0 Å². The first-order valence-corrected chi connectivity index (χ1v) is 6.03. The van der Waals surface area contributed by atoms with Gasteiger partial charge in [-0.3, -0.25) is 4.40 Å². The average molecular weight is 266 g/mol. The van der Waals surface area contributed by atoms with Gasteiger partial charge in [0.1, 0.15) is 11.8 Å². The normalized spacial score (nSPS) is 11.2. The van der Waals surface area contributed by atoms with Crippen LogP contribution in [0.5, 0.6) is 5.88 Å². The van der Waals surface area contributed by atoms with Crippen LogP contribution < -0.4 is 4.74 Å². The van der Waals surface area contributed by atoms with E-state index in [-0.39, 0.29) is 0 Å². The molecule has 0 amide bonds. The van der Waals surface area contributed by atoms with Crippen LogP contribution in [0, 0.1) is 0 Å². The zero-order chi connectivity index (χ0) is 13.5. The van der Waals surface area contributed by atoms with Gasteiger partial charge in [-0.25, -0.2) is 9.97 Å². The molecule has 20 heavy (non-hydrogen) atoms. The highest BCUT2D eigenvalue weighted by atomic mass is 16.5. The molecular formula is C13H10N6O. The van der Waals surface area contributed by atoms with Gasteiger partial charge in [0.25, 0.3) is 0 Å². The second kappa shape index (κ2) is 4.02. The van der Waals surface area contributed by atoms with Gasteiger partial charge in [0.2, 0.25) is 5.88 Å². The van der Waals surface area contributed by atoms with E-state index in [1.165, 1.54) is 0 Å². The number of nitrogens with zero attached hydrogens (tertiary/aromatic N) is 5. The summed E-state index contributed by atoms with van der Waals surface area (Å²) in [5, 5.41) is 7.94. The lowest BCUT2D eigenvalue weighted by Crippen LogP contribution is -1.90. The van der Waals surface area contributed by atoms with Crippen molar-refractivity contribution >= 4 is 16.8 Å². The molecule has 4 rings (SSSR count). The van der Waals surface area contributed by atoms with Crippen LogP contribution in [0.15, 0.2) is 37.1 Å². The molecule has 98 valence electrons. The van der Waals surface area contributed by atoms with E-state index in [2.05, 4.69) is 25.1 Å². The summed E-state index contributed by atoms with van der Waals surface area (Å²) in [5.41, 5.74) is 4.41. The molecule has 0 aliphatic heterocycles. The Labute approximate surface area is 113 Å². The molecule has 0 saturated heterocycles. The molecule has 4 aromatic heterocycles. The highest BCUT2D eigenvalue weighted by Gasteiger charge is 2.12. The Morgan fingerprint density at radius 2 is 2.25 bits per heavy atom. The summed E-state index contributed by atoms with van der Waals surface area (Å²) in [6.45, 7) is 0. The first-order chi connectivity index (χ1) is 9.86. The highest BCUT2D eigenvalue weighted by molar-refractivity contribution is 5.92. The van der Waals surface area contributed by atoms with Gasteiger partial charge >= 0.3 is 0 Å². The lowest BCUT2D eigenvalue weighted by molar-refractivity contribution is 0.398. The van der Waals surface area contributed by atoms with Gasteiger partial charge < -0.3 is 9.72 Å². The standard InChI is InChI=1S/C13H10N6O/c1-20-11-4-8(2-3-14-11)9-5-15-13-12(9)19-7-17-18-10(19)6-16-13/h2-7,15H,1H3. The van der Waals surface area contributed by atoms with Crippen molar-refractivity contribution in [1.82, 2.24) is 29.5 Å². The Morgan fingerprint density at radius 1 is 1.30 bits per heavy atom. The van der Waals surface area contributed by atoms with Gasteiger partial charge in [-0.05, 0) is 11.6 Å². The van der Waals surface area contributed by atoms with Gasteiger partial charge in [0.05, 0.1) is 13.3 Å². The van der Waals surface area contributed by atoms with Crippen LogP contribution in [-0.2, 0) is 0 Å². The van der Waals surface area contributed by atoms with Crippen molar-refractivity contribution < 1.29 is 4.74 Å². The van der Waals surface area contributed by atoms with Crippen LogP contribution in [-0.4, -0.2) is 36.7 Å². The number of fused-ring (bicyclic) bond motifs is 3. The van der Waals surface area contributed by atoms with Crippen molar-refractivity contribution in [3.63, 3.8) is 0 Å². The van der Waals surface area contributed by atoms with Crippen LogP contribution in [0.25, 0.3) is 27.9 Å². The number of rotatable bonds is 2. The lowest BCUT2D eigenvalue weighted by Gasteiger charge is -2.03. The SMILES string of the molecule is COc1cc(-c2c[nH]c3ncc4nncn4c23)ccn1. The van der Waals surface area contributed by atoms with E-state index in [4.69, 9.17) is 4.74 Å². The van der Waals surface area contributed by atoms with Crippen molar-refractivity contribution in [3.8, 4) is 17.0 Å². The maximum Gasteiger partial charge on any atom is 0.213 e. The van der Waals surface area contributed by atoms with Crippen LogP contribution in [0.3, 0.4) is 0 Å². The molecule has 0 unspecified atom stereocenters. The maximum absolute atomic E-state index is 5.17. The summed E-state index contributed by atoms with van der Waals surface area (Å²) in [6, 6.07) is 3.81. The third kappa shape index (κ3) is 1.46. The monoisotopic (exact) mass is 266 g/mol. The fourth-order valence-corrected chi connectivity index (χ4v) is 2.28. The van der Waals surface area contributed by atoms with Crippen molar-refractivity contribution in [2.75, 3.05) is 7.11 Å². The minimum Gasteiger partial charge on any atom is -0.481 e. The summed E-state index contributed by atoms with van der Waals surface area (Å²) >= 11 is 0. The smallest absolute Gasteiger partial charge is 0.213 e. The van der Waals surface area contributed by atoms with Crippen molar-refractivity contribution in [3.05, 3.63) is 37.1 Å². The number of hydrogen-bond acceptors (Lipinski definition) is 5. The molecule has 7 heteroatoms. The van der Waals surface area contributed by atoms with E-state index >= 15 is 0 Å². The molecule has 0 atom stereocenters. The van der Waals surface area contributed by atoms with E-state index in [1.807, 2.05) is 22.7 Å². The topological polar surface area (TPSA) is 81.0 Å². The number of ether oxygens (including phenoxy) is 1. The molecule has 4 heterocycles. The molecular weight excluding hydrogens is 256 g/mol. The zero-order valence-electron chi connectivity index (χ0n) is 10.6. The Morgan fingerprint density at radius 3 is 3.15 bits per heavy atom. The second-order valence-electron chi connectivity index (χ2n) is 4.30.